The molecule has 2 aliphatic rings. The van der Waals surface area contributed by atoms with Crippen LogP contribution in [0.1, 0.15) is 40.0 Å². The topological polar surface area (TPSA) is 55.8 Å². The Morgan fingerprint density at radius 2 is 1.95 bits per heavy atom. The first-order valence-corrected chi connectivity index (χ1v) is 6.91. The molecule has 2 aliphatic heterocycles. The Hall–Kier alpha value is -1.10. The van der Waals surface area contributed by atoms with E-state index in [4.69, 9.17) is 9.47 Å². The first-order chi connectivity index (χ1) is 8.82. The fraction of sp³-hybridized carbons (Fsp3) is 0.857. The van der Waals surface area contributed by atoms with Crippen molar-refractivity contribution in [1.82, 2.24) is 4.90 Å². The lowest BCUT2D eigenvalue weighted by atomic mass is 9.73. The average molecular weight is 269 g/mol. The van der Waals surface area contributed by atoms with E-state index in [0.29, 0.717) is 51.3 Å². The van der Waals surface area contributed by atoms with Gasteiger partial charge in [-0.15, -0.1) is 0 Å². The van der Waals surface area contributed by atoms with Gasteiger partial charge in [-0.1, -0.05) is 0 Å². The molecular formula is C14H23NO4. The van der Waals surface area contributed by atoms with Crippen LogP contribution >= 0.6 is 0 Å². The second kappa shape index (κ2) is 5.12. The molecule has 0 atom stereocenters. The summed E-state index contributed by atoms with van der Waals surface area (Å²) < 4.78 is 10.8. The Morgan fingerprint density at radius 1 is 1.32 bits per heavy atom. The number of hydrogen-bond acceptors (Lipinski definition) is 4. The van der Waals surface area contributed by atoms with Crippen molar-refractivity contribution < 1.29 is 19.1 Å². The lowest BCUT2D eigenvalue weighted by Gasteiger charge is -2.42. The minimum Gasteiger partial charge on any atom is -0.444 e. The van der Waals surface area contributed by atoms with Crippen LogP contribution in [0.3, 0.4) is 0 Å². The summed E-state index contributed by atoms with van der Waals surface area (Å²) in [6.45, 7) is 7.76. The molecule has 1 amide bonds. The molecule has 0 bridgehead atoms. The van der Waals surface area contributed by atoms with E-state index in [0.717, 1.165) is 0 Å². The number of piperidine rings is 1. The first kappa shape index (κ1) is 14.3. The number of Topliss-reactive ketones (excluding diaryl/α,β-unsaturated/α-hetero) is 1. The summed E-state index contributed by atoms with van der Waals surface area (Å²) in [5.41, 5.74) is -0.827. The summed E-state index contributed by atoms with van der Waals surface area (Å²) in [6.07, 6.45) is 1.59. The van der Waals surface area contributed by atoms with Crippen LogP contribution < -0.4 is 0 Å². The van der Waals surface area contributed by atoms with E-state index in [2.05, 4.69) is 0 Å². The third-order valence-electron chi connectivity index (χ3n) is 3.82. The zero-order valence-corrected chi connectivity index (χ0v) is 12.0. The Balaban J connectivity index is 1.92. The molecule has 0 N–H and O–H groups in total. The van der Waals surface area contributed by atoms with Crippen molar-refractivity contribution in [3.63, 3.8) is 0 Å². The fourth-order valence-corrected chi connectivity index (χ4v) is 2.65. The van der Waals surface area contributed by atoms with Gasteiger partial charge in [0.05, 0.1) is 18.6 Å². The normalized spacial score (nSPS) is 23.5. The molecule has 0 unspecified atom stereocenters. The van der Waals surface area contributed by atoms with E-state index in [1.54, 1.807) is 4.90 Å². The molecule has 0 aromatic rings. The Labute approximate surface area is 114 Å². The van der Waals surface area contributed by atoms with Gasteiger partial charge in [-0.3, -0.25) is 4.79 Å². The van der Waals surface area contributed by atoms with E-state index in [9.17, 15) is 9.59 Å². The van der Waals surface area contributed by atoms with Crippen molar-refractivity contribution in [3.05, 3.63) is 0 Å². The number of nitrogens with zero attached hydrogens (tertiary/aromatic N) is 1. The molecule has 2 rings (SSSR count). The van der Waals surface area contributed by atoms with Gasteiger partial charge >= 0.3 is 6.09 Å². The van der Waals surface area contributed by atoms with Crippen LogP contribution in [0.2, 0.25) is 0 Å². The molecule has 2 saturated heterocycles. The quantitative estimate of drug-likeness (QED) is 0.675. The van der Waals surface area contributed by atoms with Gasteiger partial charge < -0.3 is 14.4 Å². The number of carbonyl (C=O) groups is 2. The summed E-state index contributed by atoms with van der Waals surface area (Å²) in [5, 5.41) is 0. The van der Waals surface area contributed by atoms with Gasteiger partial charge in [0, 0.05) is 19.5 Å². The van der Waals surface area contributed by atoms with Crippen molar-refractivity contribution in [2.45, 2.75) is 45.6 Å². The zero-order valence-electron chi connectivity index (χ0n) is 12.0. The molecule has 0 radical (unpaired) electrons. The van der Waals surface area contributed by atoms with Gasteiger partial charge in [0.15, 0.2) is 0 Å². The number of ketones is 1. The number of ether oxygens (including phenoxy) is 2. The second-order valence-electron chi connectivity index (χ2n) is 6.47. The van der Waals surface area contributed by atoms with Gasteiger partial charge in [0.2, 0.25) is 0 Å². The van der Waals surface area contributed by atoms with Crippen molar-refractivity contribution in [1.29, 1.82) is 0 Å². The van der Waals surface area contributed by atoms with Crippen LogP contribution in [-0.2, 0) is 14.3 Å². The predicted octanol–water partition coefficient (Wildman–Crippen LogP) is 1.99. The highest BCUT2D eigenvalue weighted by Gasteiger charge is 2.44. The highest BCUT2D eigenvalue weighted by atomic mass is 16.6. The third kappa shape index (κ3) is 3.26. The van der Waals surface area contributed by atoms with Gasteiger partial charge in [0.25, 0.3) is 0 Å². The van der Waals surface area contributed by atoms with Gasteiger partial charge in [0.1, 0.15) is 11.4 Å². The lowest BCUT2D eigenvalue weighted by molar-refractivity contribution is -0.144. The highest BCUT2D eigenvalue weighted by molar-refractivity contribution is 5.86. The Morgan fingerprint density at radius 3 is 2.47 bits per heavy atom. The summed E-state index contributed by atoms with van der Waals surface area (Å²) in [5.74, 6) is 0.294. The molecule has 2 fully saturated rings. The number of amides is 1. The number of likely N-dealkylation sites (tertiary alicyclic amines) is 1. The summed E-state index contributed by atoms with van der Waals surface area (Å²) in [4.78, 5) is 25.7. The number of rotatable bonds is 0. The minimum absolute atomic E-state index is 0.286. The smallest absolute Gasteiger partial charge is 0.410 e. The molecule has 5 heteroatoms. The zero-order chi connectivity index (χ0) is 14.1. The van der Waals surface area contributed by atoms with Crippen molar-refractivity contribution in [3.8, 4) is 0 Å². The van der Waals surface area contributed by atoms with Gasteiger partial charge in [-0.2, -0.15) is 0 Å². The average Bonchev–Trinajstić information content (AvgIpc) is 2.32. The molecule has 19 heavy (non-hydrogen) atoms. The molecule has 0 saturated carbocycles. The van der Waals surface area contributed by atoms with Crippen LogP contribution in [0.5, 0.6) is 0 Å². The van der Waals surface area contributed by atoms with Gasteiger partial charge in [-0.05, 0) is 33.6 Å². The molecule has 0 aliphatic carbocycles. The van der Waals surface area contributed by atoms with Crippen molar-refractivity contribution in [2.75, 3.05) is 26.3 Å². The van der Waals surface area contributed by atoms with Crippen LogP contribution in [0.25, 0.3) is 0 Å². The van der Waals surface area contributed by atoms with Crippen molar-refractivity contribution in [2.24, 2.45) is 5.41 Å². The maximum Gasteiger partial charge on any atom is 0.410 e. The maximum absolute atomic E-state index is 12.1. The molecule has 0 aromatic heterocycles. The number of hydrogen-bond donors (Lipinski definition) is 0. The van der Waals surface area contributed by atoms with E-state index >= 15 is 0 Å². The molecule has 5 nitrogen and oxygen atoms in total. The monoisotopic (exact) mass is 269 g/mol. The minimum atomic E-state index is -0.476. The van der Waals surface area contributed by atoms with Crippen LogP contribution in [0.4, 0.5) is 4.79 Å². The van der Waals surface area contributed by atoms with Crippen LogP contribution in [0.15, 0.2) is 0 Å². The first-order valence-electron chi connectivity index (χ1n) is 6.91. The fourth-order valence-electron chi connectivity index (χ4n) is 2.65. The summed E-state index contributed by atoms with van der Waals surface area (Å²) in [6, 6.07) is 0. The summed E-state index contributed by atoms with van der Waals surface area (Å²) >= 11 is 0. The van der Waals surface area contributed by atoms with Crippen LogP contribution in [-0.4, -0.2) is 48.7 Å². The van der Waals surface area contributed by atoms with Crippen molar-refractivity contribution >= 4 is 11.9 Å². The predicted molar refractivity (Wildman–Crippen MR) is 69.9 cm³/mol. The maximum atomic E-state index is 12.1. The Kier molecular flexibility index (Phi) is 3.85. The second-order valence-corrected chi connectivity index (χ2v) is 6.47. The molecular weight excluding hydrogens is 246 g/mol. The molecule has 0 aromatic carbocycles. The van der Waals surface area contributed by atoms with E-state index < -0.39 is 5.60 Å². The van der Waals surface area contributed by atoms with Crippen LogP contribution in [0, 0.1) is 5.41 Å². The molecule has 2 heterocycles. The summed E-state index contributed by atoms with van der Waals surface area (Å²) in [7, 11) is 0. The standard InChI is InChI=1S/C14H23NO4/c1-13(2,3)19-12(17)15-7-5-14(6-8-15)10-18-9-4-11(14)16/h4-10H2,1-3H3. The molecule has 1 spiro atoms. The van der Waals surface area contributed by atoms with E-state index in [1.165, 1.54) is 0 Å². The van der Waals surface area contributed by atoms with E-state index in [1.807, 2.05) is 20.8 Å². The van der Waals surface area contributed by atoms with Gasteiger partial charge in [-0.25, -0.2) is 4.79 Å². The highest BCUT2D eigenvalue weighted by Crippen LogP contribution is 2.36. The Bertz CT molecular complexity index is 364. The number of carbonyl (C=O) groups excluding carboxylic acids is 2. The third-order valence-corrected chi connectivity index (χ3v) is 3.82. The lowest BCUT2D eigenvalue weighted by Crippen LogP contribution is -2.51. The largest absolute Gasteiger partial charge is 0.444 e. The molecule has 108 valence electrons. The SMILES string of the molecule is CC(C)(C)OC(=O)N1CCC2(CC1)COCCC2=O. The van der Waals surface area contributed by atoms with E-state index in [-0.39, 0.29) is 11.5 Å².